The van der Waals surface area contributed by atoms with Crippen LogP contribution >= 0.6 is 0 Å². The van der Waals surface area contributed by atoms with Crippen molar-refractivity contribution in [1.82, 2.24) is 0 Å². The van der Waals surface area contributed by atoms with E-state index in [-0.39, 0.29) is 24.0 Å². The van der Waals surface area contributed by atoms with Crippen LogP contribution in [-0.4, -0.2) is 38.8 Å². The number of aliphatic hydroxyl groups is 2. The predicted molar refractivity (Wildman–Crippen MR) is 102 cm³/mol. The summed E-state index contributed by atoms with van der Waals surface area (Å²) in [6.07, 6.45) is 12.5. The molecule has 5 nitrogen and oxygen atoms in total. The number of unbranched alkanes of at least 4 members (excludes halogenated alkanes) is 3. The second-order valence-corrected chi connectivity index (χ2v) is 7.68. The highest BCUT2D eigenvalue weighted by molar-refractivity contribution is 5.84. The Bertz CT molecular complexity index is 507. The summed E-state index contributed by atoms with van der Waals surface area (Å²) in [6, 6.07) is 0. The fourth-order valence-corrected chi connectivity index (χ4v) is 3.54. The van der Waals surface area contributed by atoms with Crippen molar-refractivity contribution in [2.75, 3.05) is 0 Å². The van der Waals surface area contributed by atoms with E-state index in [1.165, 1.54) is 0 Å². The van der Waals surface area contributed by atoms with Crippen LogP contribution in [0.1, 0.15) is 71.6 Å². The van der Waals surface area contributed by atoms with Gasteiger partial charge in [-0.25, -0.2) is 4.79 Å². The Morgan fingerprint density at radius 2 is 2.00 bits per heavy atom. The van der Waals surface area contributed by atoms with Crippen molar-refractivity contribution in [1.29, 1.82) is 0 Å². The van der Waals surface area contributed by atoms with E-state index in [1.54, 1.807) is 6.08 Å². The van der Waals surface area contributed by atoms with Gasteiger partial charge in [-0.2, -0.15) is 0 Å². The molecule has 0 saturated heterocycles. The standard InChI is InChI=1S/C21H34O5/c1-3-4-13-21(2,26)14-9-11-17-16(18(22)15-19(17)23)10-7-5-6-8-12-20(24)25/h8-9,11-12,16-17,19,23,26H,3-7,10,13-15H2,1-2H3,(H,24,25)/b11-9+,12-8+/t16-,17-,19?,21?/m1/s1. The van der Waals surface area contributed by atoms with Crippen LogP contribution in [0.2, 0.25) is 0 Å². The lowest BCUT2D eigenvalue weighted by atomic mass is 9.87. The molecular formula is C21H34O5. The van der Waals surface area contributed by atoms with Gasteiger partial charge in [0, 0.05) is 24.3 Å². The van der Waals surface area contributed by atoms with Gasteiger partial charge in [0.25, 0.3) is 0 Å². The van der Waals surface area contributed by atoms with E-state index in [0.29, 0.717) is 19.3 Å². The van der Waals surface area contributed by atoms with Crippen LogP contribution in [0, 0.1) is 11.8 Å². The molecule has 0 aromatic carbocycles. The lowest BCUT2D eigenvalue weighted by molar-refractivity contribution is -0.131. The van der Waals surface area contributed by atoms with E-state index in [1.807, 2.05) is 19.1 Å². The molecule has 5 heteroatoms. The molecule has 4 atom stereocenters. The van der Waals surface area contributed by atoms with Crippen LogP contribution in [0.5, 0.6) is 0 Å². The molecule has 0 heterocycles. The number of Topliss-reactive ketones (excluding diaryl/α,β-unsaturated/α-hetero) is 1. The summed E-state index contributed by atoms with van der Waals surface area (Å²) in [4.78, 5) is 22.6. The second kappa shape index (κ2) is 11.3. The molecular weight excluding hydrogens is 332 g/mol. The highest BCUT2D eigenvalue weighted by Crippen LogP contribution is 2.34. The lowest BCUT2D eigenvalue weighted by Crippen LogP contribution is -2.23. The molecule has 3 N–H and O–H groups in total. The summed E-state index contributed by atoms with van der Waals surface area (Å²) >= 11 is 0. The Hall–Kier alpha value is -1.46. The van der Waals surface area contributed by atoms with Gasteiger partial charge >= 0.3 is 5.97 Å². The molecule has 1 aliphatic rings. The molecule has 2 unspecified atom stereocenters. The number of allylic oxidation sites excluding steroid dienone is 1. The average Bonchev–Trinajstić information content (AvgIpc) is 2.82. The molecule has 0 spiro atoms. The van der Waals surface area contributed by atoms with Crippen molar-refractivity contribution in [2.45, 2.75) is 83.3 Å². The Kier molecular flexibility index (Phi) is 9.81. The maximum atomic E-state index is 12.2. The van der Waals surface area contributed by atoms with Crippen molar-refractivity contribution in [3.8, 4) is 0 Å². The van der Waals surface area contributed by atoms with Crippen LogP contribution < -0.4 is 0 Å². The third-order valence-electron chi connectivity index (χ3n) is 5.11. The average molecular weight is 366 g/mol. The molecule has 0 aromatic heterocycles. The van der Waals surface area contributed by atoms with Gasteiger partial charge in [-0.15, -0.1) is 0 Å². The molecule has 1 aliphatic carbocycles. The SMILES string of the molecule is CCCCC(C)(O)C/C=C/[C@H]1C(O)CC(=O)[C@@H]1CCCC/C=C/C(=O)O. The van der Waals surface area contributed by atoms with E-state index < -0.39 is 17.7 Å². The number of ketones is 1. The van der Waals surface area contributed by atoms with Gasteiger partial charge < -0.3 is 15.3 Å². The topological polar surface area (TPSA) is 94.8 Å². The van der Waals surface area contributed by atoms with E-state index in [0.717, 1.165) is 38.2 Å². The van der Waals surface area contributed by atoms with Crippen molar-refractivity contribution < 1.29 is 24.9 Å². The Labute approximate surface area is 156 Å². The van der Waals surface area contributed by atoms with E-state index >= 15 is 0 Å². The van der Waals surface area contributed by atoms with Gasteiger partial charge in [0.1, 0.15) is 5.78 Å². The summed E-state index contributed by atoms with van der Waals surface area (Å²) in [5, 5.41) is 29.1. The van der Waals surface area contributed by atoms with E-state index in [2.05, 4.69) is 6.92 Å². The molecule has 0 bridgehead atoms. The van der Waals surface area contributed by atoms with Crippen LogP contribution in [0.25, 0.3) is 0 Å². The number of hydrogen-bond acceptors (Lipinski definition) is 4. The molecule has 0 aliphatic heterocycles. The summed E-state index contributed by atoms with van der Waals surface area (Å²) in [7, 11) is 0. The van der Waals surface area contributed by atoms with Gasteiger partial charge in [0.05, 0.1) is 11.7 Å². The zero-order valence-electron chi connectivity index (χ0n) is 16.1. The zero-order valence-corrected chi connectivity index (χ0v) is 16.1. The summed E-state index contributed by atoms with van der Waals surface area (Å²) in [5.74, 6) is -1.20. The molecule has 0 aromatic rings. The number of aliphatic carboxylic acids is 1. The zero-order chi connectivity index (χ0) is 19.6. The Morgan fingerprint density at radius 3 is 2.65 bits per heavy atom. The van der Waals surface area contributed by atoms with Crippen LogP contribution in [0.3, 0.4) is 0 Å². The quantitative estimate of drug-likeness (QED) is 0.278. The summed E-state index contributed by atoms with van der Waals surface area (Å²) in [6.45, 7) is 3.92. The lowest BCUT2D eigenvalue weighted by Gasteiger charge is -2.22. The van der Waals surface area contributed by atoms with Crippen LogP contribution in [0.4, 0.5) is 0 Å². The van der Waals surface area contributed by atoms with Gasteiger partial charge in [-0.3, -0.25) is 4.79 Å². The number of aliphatic hydroxyl groups excluding tert-OH is 1. The molecule has 1 rings (SSSR count). The van der Waals surface area contributed by atoms with Gasteiger partial charge in [-0.1, -0.05) is 44.4 Å². The molecule has 148 valence electrons. The summed E-state index contributed by atoms with van der Waals surface area (Å²) in [5.41, 5.74) is -0.744. The van der Waals surface area contributed by atoms with Gasteiger partial charge in [0.15, 0.2) is 0 Å². The number of carboxylic acid groups (broad SMARTS) is 1. The molecule has 26 heavy (non-hydrogen) atoms. The molecule has 1 fully saturated rings. The second-order valence-electron chi connectivity index (χ2n) is 7.68. The van der Waals surface area contributed by atoms with Crippen LogP contribution in [0.15, 0.2) is 24.3 Å². The first-order chi connectivity index (χ1) is 12.3. The van der Waals surface area contributed by atoms with E-state index in [4.69, 9.17) is 5.11 Å². The smallest absolute Gasteiger partial charge is 0.327 e. The maximum absolute atomic E-state index is 12.2. The number of rotatable bonds is 12. The van der Waals surface area contributed by atoms with Crippen molar-refractivity contribution >= 4 is 11.8 Å². The minimum Gasteiger partial charge on any atom is -0.478 e. The van der Waals surface area contributed by atoms with Crippen molar-refractivity contribution in [3.63, 3.8) is 0 Å². The van der Waals surface area contributed by atoms with E-state index in [9.17, 15) is 19.8 Å². The minimum atomic E-state index is -0.945. The Morgan fingerprint density at radius 1 is 1.27 bits per heavy atom. The predicted octanol–water partition coefficient (Wildman–Crippen LogP) is 3.64. The first-order valence-corrected chi connectivity index (χ1v) is 9.76. The molecule has 0 radical (unpaired) electrons. The Balaban J connectivity index is 2.49. The number of carbonyl (C=O) groups excluding carboxylic acids is 1. The third kappa shape index (κ3) is 8.28. The fraction of sp³-hybridized carbons (Fsp3) is 0.714. The first-order valence-electron chi connectivity index (χ1n) is 9.76. The number of hydrogen-bond donors (Lipinski definition) is 3. The monoisotopic (exact) mass is 366 g/mol. The van der Waals surface area contributed by atoms with Gasteiger partial charge in [0.2, 0.25) is 0 Å². The number of carboxylic acids is 1. The first kappa shape index (κ1) is 22.6. The van der Waals surface area contributed by atoms with Crippen molar-refractivity contribution in [3.05, 3.63) is 24.3 Å². The van der Waals surface area contributed by atoms with Crippen LogP contribution in [-0.2, 0) is 9.59 Å². The van der Waals surface area contributed by atoms with Crippen molar-refractivity contribution in [2.24, 2.45) is 11.8 Å². The number of carbonyl (C=O) groups is 2. The summed E-state index contributed by atoms with van der Waals surface area (Å²) < 4.78 is 0. The fourth-order valence-electron chi connectivity index (χ4n) is 3.54. The highest BCUT2D eigenvalue weighted by Gasteiger charge is 2.39. The maximum Gasteiger partial charge on any atom is 0.327 e. The minimum absolute atomic E-state index is 0.103. The normalized spacial score (nSPS) is 26.0. The third-order valence-corrected chi connectivity index (χ3v) is 5.11. The van der Waals surface area contributed by atoms with Gasteiger partial charge in [-0.05, 0) is 39.0 Å². The molecule has 1 saturated carbocycles. The largest absolute Gasteiger partial charge is 0.478 e. The molecule has 0 amide bonds. The highest BCUT2D eigenvalue weighted by atomic mass is 16.4.